The Morgan fingerprint density at radius 2 is 1.59 bits per heavy atom. The van der Waals surface area contributed by atoms with Crippen molar-refractivity contribution < 1.29 is 41.7 Å². The Hall–Kier alpha value is -3.85. The van der Waals surface area contributed by atoms with Gasteiger partial charge in [-0.3, -0.25) is 0 Å². The third-order valence-electron chi connectivity index (χ3n) is 5.97. The van der Waals surface area contributed by atoms with Gasteiger partial charge in [0.2, 0.25) is 0 Å². The summed E-state index contributed by atoms with van der Waals surface area (Å²) in [7, 11) is 0. The number of carbonyl (C=O) groups is 2. The van der Waals surface area contributed by atoms with Gasteiger partial charge in [0, 0.05) is 12.0 Å². The summed E-state index contributed by atoms with van der Waals surface area (Å²) in [4.78, 5) is 24.4. The lowest BCUT2D eigenvalue weighted by molar-refractivity contribution is -0.167. The van der Waals surface area contributed by atoms with Crippen LogP contribution in [0.5, 0.6) is 5.75 Å². The Morgan fingerprint density at radius 3 is 2.23 bits per heavy atom. The molecule has 0 bridgehead atoms. The van der Waals surface area contributed by atoms with Crippen molar-refractivity contribution in [2.45, 2.75) is 51.7 Å². The summed E-state index contributed by atoms with van der Waals surface area (Å²) in [6.07, 6.45) is -6.68. The molecule has 0 saturated carbocycles. The Kier molecular flexibility index (Phi) is 9.75. The highest BCUT2D eigenvalue weighted by Crippen LogP contribution is 2.36. The van der Waals surface area contributed by atoms with Gasteiger partial charge in [0.25, 0.3) is 0 Å². The standard InChI is InChI=1S/C30H31F3O6/c1-20(2)27(34)39-29(4,15-16-30(31,32)33)25-11-13-26(14-12-25)38-21(3)36-17-18-37-28(35)24-10-9-22-7-5-6-8-23(22)19-24/h5-14,19,21H,1,15-18H2,2-4H3. The maximum atomic E-state index is 12.9. The first-order chi connectivity index (χ1) is 18.4. The van der Waals surface area contributed by atoms with Crippen LogP contribution in [0, 0.1) is 0 Å². The molecule has 3 aromatic rings. The molecule has 3 aromatic carbocycles. The minimum atomic E-state index is -4.41. The molecule has 0 aliphatic heterocycles. The van der Waals surface area contributed by atoms with Crippen molar-refractivity contribution in [1.82, 2.24) is 0 Å². The Bertz CT molecular complexity index is 1300. The summed E-state index contributed by atoms with van der Waals surface area (Å²) in [5.41, 5.74) is -0.611. The predicted octanol–water partition coefficient (Wildman–Crippen LogP) is 7.12. The van der Waals surface area contributed by atoms with E-state index in [2.05, 4.69) is 6.58 Å². The molecule has 2 unspecified atom stereocenters. The van der Waals surface area contributed by atoms with Gasteiger partial charge in [-0.1, -0.05) is 49.0 Å². The zero-order chi connectivity index (χ0) is 28.6. The fraction of sp³-hybridized carbons (Fsp3) is 0.333. The van der Waals surface area contributed by atoms with Gasteiger partial charge in [-0.15, -0.1) is 0 Å². The van der Waals surface area contributed by atoms with E-state index in [9.17, 15) is 22.8 Å². The molecule has 208 valence electrons. The highest BCUT2D eigenvalue weighted by Gasteiger charge is 2.37. The van der Waals surface area contributed by atoms with E-state index in [0.717, 1.165) is 10.8 Å². The molecule has 9 heteroatoms. The van der Waals surface area contributed by atoms with Crippen LogP contribution in [0.3, 0.4) is 0 Å². The number of benzene rings is 3. The van der Waals surface area contributed by atoms with Crippen LogP contribution < -0.4 is 4.74 Å². The normalized spacial score (nSPS) is 13.8. The topological polar surface area (TPSA) is 71.1 Å². The van der Waals surface area contributed by atoms with Crippen LogP contribution in [-0.2, 0) is 24.6 Å². The molecule has 0 aliphatic carbocycles. The maximum Gasteiger partial charge on any atom is 0.389 e. The average molecular weight is 545 g/mol. The molecule has 0 fully saturated rings. The van der Waals surface area contributed by atoms with E-state index in [-0.39, 0.29) is 18.8 Å². The Labute approximate surface area is 225 Å². The molecule has 39 heavy (non-hydrogen) atoms. The Morgan fingerprint density at radius 1 is 0.923 bits per heavy atom. The minimum absolute atomic E-state index is 0.0178. The molecule has 2 atom stereocenters. The fourth-order valence-electron chi connectivity index (χ4n) is 3.79. The number of halogens is 3. The number of hydrogen-bond acceptors (Lipinski definition) is 6. The highest BCUT2D eigenvalue weighted by molar-refractivity contribution is 5.95. The monoisotopic (exact) mass is 544 g/mol. The summed E-state index contributed by atoms with van der Waals surface area (Å²) >= 11 is 0. The van der Waals surface area contributed by atoms with E-state index < -0.39 is 42.8 Å². The second-order valence-corrected chi connectivity index (χ2v) is 9.29. The van der Waals surface area contributed by atoms with Crippen molar-refractivity contribution in [1.29, 1.82) is 0 Å². The van der Waals surface area contributed by atoms with Gasteiger partial charge in [0.1, 0.15) is 18.0 Å². The SMILES string of the molecule is C=C(C)C(=O)OC(C)(CCC(F)(F)F)c1ccc(OC(C)OCCOC(=O)c2ccc3ccccc3c2)cc1. The second kappa shape index (κ2) is 12.8. The molecule has 3 rings (SSSR count). The van der Waals surface area contributed by atoms with Crippen LogP contribution in [0.4, 0.5) is 13.2 Å². The van der Waals surface area contributed by atoms with Crippen LogP contribution in [0.25, 0.3) is 10.8 Å². The van der Waals surface area contributed by atoms with Crippen LogP contribution in [0.1, 0.15) is 49.5 Å². The quantitative estimate of drug-likeness (QED) is 0.105. The van der Waals surface area contributed by atoms with Crippen LogP contribution in [-0.4, -0.2) is 37.6 Å². The Balaban J connectivity index is 1.51. The van der Waals surface area contributed by atoms with E-state index in [4.69, 9.17) is 18.9 Å². The summed E-state index contributed by atoms with van der Waals surface area (Å²) in [6.45, 7) is 8.11. The molecule has 0 amide bonds. The van der Waals surface area contributed by atoms with Crippen molar-refractivity contribution in [3.8, 4) is 5.75 Å². The van der Waals surface area contributed by atoms with Crippen LogP contribution in [0.15, 0.2) is 78.9 Å². The molecule has 0 aromatic heterocycles. The molecule has 0 N–H and O–H groups in total. The number of rotatable bonds is 12. The summed E-state index contributed by atoms with van der Waals surface area (Å²) < 4.78 is 60.6. The third-order valence-corrected chi connectivity index (χ3v) is 5.97. The fourth-order valence-corrected chi connectivity index (χ4v) is 3.79. The van der Waals surface area contributed by atoms with Crippen LogP contribution >= 0.6 is 0 Å². The molecule has 0 aliphatic rings. The zero-order valence-corrected chi connectivity index (χ0v) is 22.0. The van der Waals surface area contributed by atoms with Gasteiger partial charge >= 0.3 is 18.1 Å². The lowest BCUT2D eigenvalue weighted by atomic mass is 9.90. The lowest BCUT2D eigenvalue weighted by Crippen LogP contribution is -2.31. The van der Waals surface area contributed by atoms with Gasteiger partial charge in [-0.05, 0) is 67.8 Å². The minimum Gasteiger partial charge on any atom is -0.465 e. The largest absolute Gasteiger partial charge is 0.465 e. The molecule has 0 heterocycles. The molecule has 0 spiro atoms. The van der Waals surface area contributed by atoms with Gasteiger partial charge in [0.05, 0.1) is 12.2 Å². The molecule has 6 nitrogen and oxygen atoms in total. The average Bonchev–Trinajstić information content (AvgIpc) is 2.89. The number of fused-ring (bicyclic) bond motifs is 1. The van der Waals surface area contributed by atoms with Crippen molar-refractivity contribution in [3.05, 3.63) is 90.0 Å². The van der Waals surface area contributed by atoms with E-state index in [0.29, 0.717) is 16.9 Å². The number of carbonyl (C=O) groups excluding carboxylic acids is 2. The predicted molar refractivity (Wildman–Crippen MR) is 140 cm³/mol. The van der Waals surface area contributed by atoms with E-state index in [1.165, 1.54) is 26.0 Å². The lowest BCUT2D eigenvalue weighted by Gasteiger charge is -2.31. The number of ether oxygens (including phenoxy) is 4. The number of esters is 2. The highest BCUT2D eigenvalue weighted by atomic mass is 19.4. The van der Waals surface area contributed by atoms with Crippen molar-refractivity contribution >= 4 is 22.7 Å². The van der Waals surface area contributed by atoms with Gasteiger partial charge < -0.3 is 18.9 Å². The van der Waals surface area contributed by atoms with Gasteiger partial charge in [-0.25, -0.2) is 9.59 Å². The second-order valence-electron chi connectivity index (χ2n) is 9.29. The summed E-state index contributed by atoms with van der Waals surface area (Å²) in [5, 5.41) is 1.96. The van der Waals surface area contributed by atoms with Crippen LogP contribution in [0.2, 0.25) is 0 Å². The van der Waals surface area contributed by atoms with E-state index in [1.54, 1.807) is 31.2 Å². The zero-order valence-electron chi connectivity index (χ0n) is 22.0. The first-order valence-electron chi connectivity index (χ1n) is 12.4. The van der Waals surface area contributed by atoms with E-state index >= 15 is 0 Å². The van der Waals surface area contributed by atoms with Crippen molar-refractivity contribution in [2.75, 3.05) is 13.2 Å². The summed E-state index contributed by atoms with van der Waals surface area (Å²) in [6, 6.07) is 19.2. The smallest absolute Gasteiger partial charge is 0.389 e. The molecule has 0 saturated heterocycles. The maximum absolute atomic E-state index is 12.9. The first-order valence-corrected chi connectivity index (χ1v) is 12.4. The molecular weight excluding hydrogens is 513 g/mol. The summed E-state index contributed by atoms with van der Waals surface area (Å²) in [5.74, 6) is -0.846. The first kappa shape index (κ1) is 29.7. The number of hydrogen-bond donors (Lipinski definition) is 0. The third kappa shape index (κ3) is 8.85. The van der Waals surface area contributed by atoms with Gasteiger partial charge in [-0.2, -0.15) is 13.2 Å². The van der Waals surface area contributed by atoms with Crippen molar-refractivity contribution in [3.63, 3.8) is 0 Å². The van der Waals surface area contributed by atoms with E-state index in [1.807, 2.05) is 30.3 Å². The molecule has 0 radical (unpaired) electrons. The van der Waals surface area contributed by atoms with Crippen molar-refractivity contribution in [2.24, 2.45) is 0 Å². The molecular formula is C30H31F3O6. The van der Waals surface area contributed by atoms with Gasteiger partial charge in [0.15, 0.2) is 6.29 Å². The number of alkyl halides is 3.